The van der Waals surface area contributed by atoms with Gasteiger partial charge >= 0.3 is 0 Å². The van der Waals surface area contributed by atoms with Crippen molar-refractivity contribution in [3.05, 3.63) is 117 Å². The smallest absolute Gasteiger partial charge is 0.0502 e. The van der Waals surface area contributed by atoms with E-state index in [4.69, 9.17) is 23.2 Å². The van der Waals surface area contributed by atoms with Gasteiger partial charge in [-0.15, -0.1) is 0 Å². The molecule has 0 atom stereocenters. The zero-order chi connectivity index (χ0) is 23.7. The first kappa shape index (κ1) is 22.3. The van der Waals surface area contributed by atoms with Crippen molar-refractivity contribution in [2.45, 2.75) is 45.4 Å². The Morgan fingerprint density at radius 3 is 2.09 bits per heavy atom. The molecule has 0 unspecified atom stereocenters. The third-order valence-corrected chi connectivity index (χ3v) is 8.08. The maximum Gasteiger partial charge on any atom is 0.0502 e. The number of allylic oxidation sites excluding steroid dienone is 5. The van der Waals surface area contributed by atoms with Crippen molar-refractivity contribution in [2.75, 3.05) is 0 Å². The number of hydrogen-bond donors (Lipinski definition) is 0. The Hall–Kier alpha value is -2.54. The molecule has 166 valence electrons. The summed E-state index contributed by atoms with van der Waals surface area (Å²) in [5.74, 6) is 0. The van der Waals surface area contributed by atoms with E-state index in [0.29, 0.717) is 5.02 Å². The Balaban J connectivity index is 1.89. The van der Waals surface area contributed by atoms with Gasteiger partial charge in [0.15, 0.2) is 0 Å². The summed E-state index contributed by atoms with van der Waals surface area (Å²) < 4.78 is 0. The predicted molar refractivity (Wildman–Crippen MR) is 144 cm³/mol. The molecule has 0 radical (unpaired) electrons. The zero-order valence-corrected chi connectivity index (χ0v) is 21.3. The van der Waals surface area contributed by atoms with Crippen LogP contribution in [0.2, 0.25) is 10.0 Å². The van der Waals surface area contributed by atoms with Gasteiger partial charge in [0.1, 0.15) is 0 Å². The first-order valence-electron chi connectivity index (χ1n) is 11.4. The van der Waals surface area contributed by atoms with Gasteiger partial charge in [0, 0.05) is 21.4 Å². The summed E-state index contributed by atoms with van der Waals surface area (Å²) in [6, 6.07) is 19.3. The van der Waals surface area contributed by atoms with E-state index in [1.54, 1.807) is 0 Å². The maximum absolute atomic E-state index is 6.77. The molecule has 3 aromatic carbocycles. The first-order valence-corrected chi connectivity index (χ1v) is 12.2. The van der Waals surface area contributed by atoms with E-state index >= 15 is 0 Å². The highest BCUT2D eigenvalue weighted by Gasteiger charge is 2.44. The van der Waals surface area contributed by atoms with Crippen LogP contribution >= 0.6 is 23.2 Å². The van der Waals surface area contributed by atoms with Gasteiger partial charge in [0.05, 0.1) is 5.02 Å². The molecule has 0 fully saturated rings. The highest BCUT2D eigenvalue weighted by Crippen LogP contribution is 2.58. The molecule has 0 saturated heterocycles. The summed E-state index contributed by atoms with van der Waals surface area (Å²) in [6.45, 7) is 15.5. The topological polar surface area (TPSA) is 0 Å². The van der Waals surface area contributed by atoms with Crippen LogP contribution in [0.1, 0.15) is 62.4 Å². The molecular formula is C31H28Cl2. The van der Waals surface area contributed by atoms with E-state index in [1.807, 2.05) is 12.1 Å². The molecule has 0 N–H and O–H groups in total. The highest BCUT2D eigenvalue weighted by atomic mass is 35.5. The zero-order valence-electron chi connectivity index (χ0n) is 19.8. The lowest BCUT2D eigenvalue weighted by atomic mass is 9.79. The molecule has 0 heterocycles. The molecule has 0 bridgehead atoms. The van der Waals surface area contributed by atoms with Gasteiger partial charge in [-0.25, -0.2) is 0 Å². The lowest BCUT2D eigenvalue weighted by Gasteiger charge is -2.24. The lowest BCUT2D eigenvalue weighted by Crippen LogP contribution is -2.17. The average Bonchev–Trinajstić information content (AvgIpc) is 3.13. The van der Waals surface area contributed by atoms with Gasteiger partial charge in [0.25, 0.3) is 0 Å². The fraction of sp³-hybridized carbons (Fsp3) is 0.226. The SMILES string of the molecule is C=CC(=C1/C(=C\C)C(C)(C)c2cc3c(cc21)C(C)(C)c1cc(Cl)cc(Cl)c1-3)c1ccccc1. The third-order valence-electron chi connectivity index (χ3n) is 7.56. The molecule has 0 amide bonds. The summed E-state index contributed by atoms with van der Waals surface area (Å²) in [4.78, 5) is 0. The van der Waals surface area contributed by atoms with Gasteiger partial charge in [-0.3, -0.25) is 0 Å². The van der Waals surface area contributed by atoms with Crippen molar-refractivity contribution in [3.63, 3.8) is 0 Å². The third kappa shape index (κ3) is 3.04. The minimum atomic E-state index is -0.191. The quantitative estimate of drug-likeness (QED) is 0.349. The van der Waals surface area contributed by atoms with Gasteiger partial charge < -0.3 is 0 Å². The van der Waals surface area contributed by atoms with E-state index in [1.165, 1.54) is 50.1 Å². The molecule has 0 aromatic heterocycles. The molecule has 0 spiro atoms. The standard InChI is InChI=1S/C31H28Cl2/c1-7-20(18-12-10-9-11-13-18)28-21-16-25-22(17-24(21)30(3,4)23(28)8-2)29-26(31(25,5)6)14-19(32)15-27(29)33/h7-17H,1H2,2-6H3/b23-8+,28-20?. The predicted octanol–water partition coefficient (Wildman–Crippen LogP) is 9.63. The van der Waals surface area contributed by atoms with Gasteiger partial charge in [-0.05, 0) is 81.3 Å². The largest absolute Gasteiger partial charge is 0.0984 e. The van der Waals surface area contributed by atoms with Crippen LogP contribution in [0.15, 0.2) is 78.9 Å². The Kier molecular flexibility index (Phi) is 5.05. The Labute approximate surface area is 207 Å². The molecular weight excluding hydrogens is 443 g/mol. The Bertz CT molecular complexity index is 1380. The van der Waals surface area contributed by atoms with E-state index in [0.717, 1.165) is 10.6 Å². The van der Waals surface area contributed by atoms with E-state index < -0.39 is 0 Å². The molecule has 0 saturated carbocycles. The van der Waals surface area contributed by atoms with Gasteiger partial charge in [0.2, 0.25) is 0 Å². The molecule has 2 heteroatoms. The van der Waals surface area contributed by atoms with Crippen LogP contribution in [0.4, 0.5) is 0 Å². The lowest BCUT2D eigenvalue weighted by molar-refractivity contribution is 0.651. The number of fused-ring (bicyclic) bond motifs is 4. The fourth-order valence-corrected chi connectivity index (χ4v) is 6.51. The molecule has 0 nitrogen and oxygen atoms in total. The summed E-state index contributed by atoms with van der Waals surface area (Å²) in [7, 11) is 0. The van der Waals surface area contributed by atoms with Crippen molar-refractivity contribution in [1.82, 2.24) is 0 Å². The normalized spacial score (nSPS) is 19.8. The van der Waals surface area contributed by atoms with Gasteiger partial charge in [-0.2, -0.15) is 0 Å². The molecule has 33 heavy (non-hydrogen) atoms. The molecule has 0 aliphatic heterocycles. The minimum absolute atomic E-state index is 0.136. The van der Waals surface area contributed by atoms with E-state index in [2.05, 4.69) is 95.8 Å². The van der Waals surface area contributed by atoms with Crippen molar-refractivity contribution in [3.8, 4) is 11.1 Å². The molecule has 5 rings (SSSR count). The van der Waals surface area contributed by atoms with Gasteiger partial charge in [-0.1, -0.05) is 100.0 Å². The van der Waals surface area contributed by atoms with E-state index in [-0.39, 0.29) is 10.8 Å². The number of hydrogen-bond acceptors (Lipinski definition) is 0. The van der Waals surface area contributed by atoms with Crippen LogP contribution < -0.4 is 0 Å². The second kappa shape index (κ2) is 7.49. The number of benzene rings is 3. The second-order valence-corrected chi connectivity index (χ2v) is 10.9. The van der Waals surface area contributed by atoms with Crippen molar-refractivity contribution in [2.24, 2.45) is 0 Å². The molecule has 2 aliphatic rings. The number of rotatable bonds is 2. The van der Waals surface area contributed by atoms with Crippen LogP contribution in [0.5, 0.6) is 0 Å². The molecule has 3 aromatic rings. The second-order valence-electron chi connectivity index (χ2n) is 10.1. The summed E-state index contributed by atoms with van der Waals surface area (Å²) in [5, 5.41) is 1.40. The van der Waals surface area contributed by atoms with Crippen molar-refractivity contribution >= 4 is 34.3 Å². The fourth-order valence-electron chi connectivity index (χ4n) is 5.91. The van der Waals surface area contributed by atoms with Crippen LogP contribution in [0, 0.1) is 0 Å². The van der Waals surface area contributed by atoms with Crippen molar-refractivity contribution in [1.29, 1.82) is 0 Å². The highest BCUT2D eigenvalue weighted by molar-refractivity contribution is 6.37. The summed E-state index contributed by atoms with van der Waals surface area (Å²) >= 11 is 13.2. The summed E-state index contributed by atoms with van der Waals surface area (Å²) in [5.41, 5.74) is 12.1. The first-order chi connectivity index (χ1) is 15.6. The van der Waals surface area contributed by atoms with Crippen LogP contribution in [0.3, 0.4) is 0 Å². The van der Waals surface area contributed by atoms with Crippen molar-refractivity contribution < 1.29 is 0 Å². The Morgan fingerprint density at radius 1 is 0.818 bits per heavy atom. The minimum Gasteiger partial charge on any atom is -0.0984 e. The van der Waals surface area contributed by atoms with E-state index in [9.17, 15) is 0 Å². The average molecular weight is 471 g/mol. The molecule has 2 aliphatic carbocycles. The van der Waals surface area contributed by atoms with Crippen LogP contribution in [0.25, 0.3) is 22.3 Å². The summed E-state index contributed by atoms with van der Waals surface area (Å²) in [6.07, 6.45) is 4.27. The number of halogens is 2. The monoisotopic (exact) mass is 470 g/mol. The van der Waals surface area contributed by atoms with Crippen LogP contribution in [-0.2, 0) is 10.8 Å². The maximum atomic E-state index is 6.77. The van der Waals surface area contributed by atoms with Crippen LogP contribution in [-0.4, -0.2) is 0 Å². The Morgan fingerprint density at radius 2 is 1.45 bits per heavy atom.